The summed E-state index contributed by atoms with van der Waals surface area (Å²) in [6.45, 7) is 1.95. The fraction of sp³-hybridized carbons (Fsp3) is 0.188. The van der Waals surface area contributed by atoms with Crippen molar-refractivity contribution in [3.63, 3.8) is 0 Å². The third kappa shape index (κ3) is 2.37. The number of aromatic nitrogens is 1. The van der Waals surface area contributed by atoms with Gasteiger partial charge in [-0.1, -0.05) is 29.8 Å². The summed E-state index contributed by atoms with van der Waals surface area (Å²) in [6, 6.07) is 11.0. The predicted octanol–water partition coefficient (Wildman–Crippen LogP) is 3.14. The van der Waals surface area contributed by atoms with Crippen LogP contribution >= 0.6 is 11.6 Å². The number of aryl methyl sites for hydroxylation is 2. The van der Waals surface area contributed by atoms with E-state index in [4.69, 9.17) is 21.8 Å². The third-order valence-corrected chi connectivity index (χ3v) is 4.14. The molecule has 0 amide bonds. The Bertz CT molecular complexity index is 880. The maximum Gasteiger partial charge on any atom is 0.419 e. The summed E-state index contributed by atoms with van der Waals surface area (Å²) in [5.74, 6) is -0.380. The van der Waals surface area contributed by atoms with Crippen LogP contribution in [0, 0.1) is 6.92 Å². The van der Waals surface area contributed by atoms with Crippen LogP contribution in [0.25, 0.3) is 11.1 Å². The number of hydrogen-bond acceptors (Lipinski definition) is 3. The SMILES string of the molecule is Cc1ccc(C(N)c2ccc3c(c2)oc(=O)n3C)cc1Cl. The lowest BCUT2D eigenvalue weighted by Gasteiger charge is -2.13. The molecule has 0 aliphatic rings. The summed E-state index contributed by atoms with van der Waals surface area (Å²) < 4.78 is 6.66. The third-order valence-electron chi connectivity index (χ3n) is 3.73. The monoisotopic (exact) mass is 302 g/mol. The van der Waals surface area contributed by atoms with Crippen molar-refractivity contribution >= 4 is 22.7 Å². The summed E-state index contributed by atoms with van der Waals surface area (Å²) in [4.78, 5) is 11.5. The minimum Gasteiger partial charge on any atom is -0.408 e. The minimum absolute atomic E-state index is 0.321. The van der Waals surface area contributed by atoms with Crippen molar-refractivity contribution in [2.75, 3.05) is 0 Å². The van der Waals surface area contributed by atoms with Gasteiger partial charge in [-0.15, -0.1) is 0 Å². The highest BCUT2D eigenvalue weighted by molar-refractivity contribution is 6.31. The van der Waals surface area contributed by atoms with Crippen molar-refractivity contribution < 1.29 is 4.42 Å². The van der Waals surface area contributed by atoms with E-state index in [1.165, 1.54) is 4.57 Å². The van der Waals surface area contributed by atoms with E-state index < -0.39 is 0 Å². The maximum absolute atomic E-state index is 11.5. The first-order valence-electron chi connectivity index (χ1n) is 6.58. The highest BCUT2D eigenvalue weighted by Gasteiger charge is 2.13. The van der Waals surface area contributed by atoms with Crippen LogP contribution in [0.1, 0.15) is 22.7 Å². The van der Waals surface area contributed by atoms with Gasteiger partial charge in [-0.05, 0) is 41.8 Å². The number of oxazole rings is 1. The quantitative estimate of drug-likeness (QED) is 0.791. The molecule has 2 aromatic carbocycles. The van der Waals surface area contributed by atoms with Gasteiger partial charge in [0.1, 0.15) is 0 Å². The number of nitrogens with zero attached hydrogens (tertiary/aromatic N) is 1. The van der Waals surface area contributed by atoms with Crippen LogP contribution in [0.15, 0.2) is 45.6 Å². The van der Waals surface area contributed by atoms with Crippen LogP contribution in [-0.2, 0) is 7.05 Å². The van der Waals surface area contributed by atoms with E-state index in [1.54, 1.807) is 13.1 Å². The summed E-state index contributed by atoms with van der Waals surface area (Å²) in [7, 11) is 1.67. The smallest absolute Gasteiger partial charge is 0.408 e. The molecule has 0 aliphatic heterocycles. The van der Waals surface area contributed by atoms with Gasteiger partial charge in [0.15, 0.2) is 5.58 Å². The average molecular weight is 303 g/mol. The molecule has 0 bridgehead atoms. The number of halogens is 1. The van der Waals surface area contributed by atoms with Gasteiger partial charge in [-0.2, -0.15) is 0 Å². The van der Waals surface area contributed by atoms with Gasteiger partial charge in [0, 0.05) is 12.1 Å². The number of fused-ring (bicyclic) bond motifs is 1. The van der Waals surface area contributed by atoms with Gasteiger partial charge in [-0.3, -0.25) is 4.57 Å². The molecule has 2 N–H and O–H groups in total. The minimum atomic E-state index is -0.380. The molecule has 0 aliphatic carbocycles. The van der Waals surface area contributed by atoms with E-state index in [0.29, 0.717) is 10.6 Å². The molecule has 3 rings (SSSR count). The van der Waals surface area contributed by atoms with Crippen LogP contribution in [0.4, 0.5) is 0 Å². The van der Waals surface area contributed by atoms with Gasteiger partial charge in [0.2, 0.25) is 0 Å². The van der Waals surface area contributed by atoms with Crippen molar-refractivity contribution in [2.24, 2.45) is 12.8 Å². The summed E-state index contributed by atoms with van der Waals surface area (Å²) in [5, 5.41) is 0.690. The summed E-state index contributed by atoms with van der Waals surface area (Å²) in [5.41, 5.74) is 10.4. The molecule has 1 heterocycles. The Hall–Kier alpha value is -2.04. The maximum atomic E-state index is 11.5. The molecule has 0 fully saturated rings. The normalized spacial score (nSPS) is 12.8. The van der Waals surface area contributed by atoms with E-state index in [1.807, 2.05) is 37.3 Å². The van der Waals surface area contributed by atoms with Crippen molar-refractivity contribution in [2.45, 2.75) is 13.0 Å². The van der Waals surface area contributed by atoms with Gasteiger partial charge >= 0.3 is 5.76 Å². The molecule has 1 unspecified atom stereocenters. The number of rotatable bonds is 2. The predicted molar refractivity (Wildman–Crippen MR) is 83.7 cm³/mol. The van der Waals surface area contributed by atoms with Crippen molar-refractivity contribution in [3.8, 4) is 0 Å². The molecule has 0 saturated carbocycles. The van der Waals surface area contributed by atoms with E-state index in [0.717, 1.165) is 22.2 Å². The van der Waals surface area contributed by atoms with Crippen molar-refractivity contribution in [1.29, 1.82) is 0 Å². The Kier molecular flexibility index (Phi) is 3.35. The first kappa shape index (κ1) is 13.9. The van der Waals surface area contributed by atoms with Crippen LogP contribution in [0.5, 0.6) is 0 Å². The zero-order valence-corrected chi connectivity index (χ0v) is 12.5. The van der Waals surface area contributed by atoms with Crippen LogP contribution in [0.3, 0.4) is 0 Å². The zero-order chi connectivity index (χ0) is 15.1. The molecule has 0 radical (unpaired) electrons. The second kappa shape index (κ2) is 5.06. The van der Waals surface area contributed by atoms with Crippen LogP contribution in [0.2, 0.25) is 5.02 Å². The topological polar surface area (TPSA) is 61.2 Å². The van der Waals surface area contributed by atoms with Crippen molar-refractivity contribution in [3.05, 3.63) is 68.7 Å². The Morgan fingerprint density at radius 3 is 2.57 bits per heavy atom. The van der Waals surface area contributed by atoms with Gasteiger partial charge in [0.25, 0.3) is 0 Å². The lowest BCUT2D eigenvalue weighted by Crippen LogP contribution is -2.12. The van der Waals surface area contributed by atoms with Gasteiger partial charge in [-0.25, -0.2) is 4.79 Å². The molecule has 1 aromatic heterocycles. The number of hydrogen-bond donors (Lipinski definition) is 1. The standard InChI is InChI=1S/C16H15ClN2O2/c1-9-3-4-10(7-12(9)17)15(18)11-5-6-13-14(8-11)21-16(20)19(13)2/h3-8,15H,18H2,1-2H3. The van der Waals surface area contributed by atoms with Crippen LogP contribution < -0.4 is 11.5 Å². The molecule has 21 heavy (non-hydrogen) atoms. The molecule has 108 valence electrons. The Morgan fingerprint density at radius 2 is 1.86 bits per heavy atom. The molecule has 0 spiro atoms. The summed E-state index contributed by atoms with van der Waals surface area (Å²) in [6.07, 6.45) is 0. The van der Waals surface area contributed by atoms with E-state index >= 15 is 0 Å². The first-order chi connectivity index (χ1) is 9.97. The van der Waals surface area contributed by atoms with E-state index in [-0.39, 0.29) is 11.8 Å². The van der Waals surface area contributed by atoms with E-state index in [9.17, 15) is 4.79 Å². The zero-order valence-electron chi connectivity index (χ0n) is 11.8. The second-order valence-corrected chi connectivity index (χ2v) is 5.55. The lowest BCUT2D eigenvalue weighted by atomic mass is 9.98. The fourth-order valence-corrected chi connectivity index (χ4v) is 2.53. The second-order valence-electron chi connectivity index (χ2n) is 5.14. The Morgan fingerprint density at radius 1 is 1.19 bits per heavy atom. The molecule has 3 aromatic rings. The average Bonchev–Trinajstić information content (AvgIpc) is 2.76. The van der Waals surface area contributed by atoms with Gasteiger partial charge in [0.05, 0.1) is 11.6 Å². The van der Waals surface area contributed by atoms with Crippen molar-refractivity contribution in [1.82, 2.24) is 4.57 Å². The highest BCUT2D eigenvalue weighted by atomic mass is 35.5. The number of nitrogens with two attached hydrogens (primary N) is 1. The van der Waals surface area contributed by atoms with Crippen LogP contribution in [-0.4, -0.2) is 4.57 Å². The molecular weight excluding hydrogens is 288 g/mol. The highest BCUT2D eigenvalue weighted by Crippen LogP contribution is 2.26. The Labute approximate surface area is 126 Å². The van der Waals surface area contributed by atoms with Gasteiger partial charge < -0.3 is 10.2 Å². The van der Waals surface area contributed by atoms with E-state index in [2.05, 4.69) is 0 Å². The molecule has 4 nitrogen and oxygen atoms in total. The summed E-state index contributed by atoms with van der Waals surface area (Å²) >= 11 is 6.15. The fourth-order valence-electron chi connectivity index (χ4n) is 2.34. The molecule has 5 heteroatoms. The number of benzene rings is 2. The lowest BCUT2D eigenvalue weighted by molar-refractivity contribution is 0.527. The Balaban J connectivity index is 2.06. The first-order valence-corrected chi connectivity index (χ1v) is 6.96. The molecular formula is C16H15ClN2O2. The largest absolute Gasteiger partial charge is 0.419 e. The molecule has 1 atom stereocenters. The molecule has 0 saturated heterocycles.